The summed E-state index contributed by atoms with van der Waals surface area (Å²) < 4.78 is 10.5. The molecule has 3 nitrogen and oxygen atoms in total. The first-order chi connectivity index (χ1) is 7.54. The monoisotopic (exact) mass is 222 g/mol. The summed E-state index contributed by atoms with van der Waals surface area (Å²) in [5.74, 6) is 1.48. The first-order valence-corrected chi connectivity index (χ1v) is 5.62. The van der Waals surface area contributed by atoms with Gasteiger partial charge in [0.15, 0.2) is 11.5 Å². The Hall–Kier alpha value is -1.22. The van der Waals surface area contributed by atoms with E-state index in [1.165, 1.54) is 0 Å². The summed E-state index contributed by atoms with van der Waals surface area (Å²) in [4.78, 5) is 0. The Morgan fingerprint density at radius 1 is 1.31 bits per heavy atom. The third kappa shape index (κ3) is 1.87. The van der Waals surface area contributed by atoms with Crippen molar-refractivity contribution in [3.05, 3.63) is 23.8 Å². The Morgan fingerprint density at radius 3 is 2.69 bits per heavy atom. The second kappa shape index (κ2) is 3.98. The van der Waals surface area contributed by atoms with Crippen molar-refractivity contribution < 1.29 is 14.6 Å². The summed E-state index contributed by atoms with van der Waals surface area (Å²) in [6.45, 7) is 6.47. The number of hydrogen-bond acceptors (Lipinski definition) is 3. The number of fused-ring (bicyclic) bond motifs is 1. The first kappa shape index (κ1) is 11.3. The Labute approximate surface area is 96.0 Å². The fourth-order valence-electron chi connectivity index (χ4n) is 1.73. The van der Waals surface area contributed by atoms with Gasteiger partial charge in [-0.05, 0) is 29.5 Å². The summed E-state index contributed by atoms with van der Waals surface area (Å²) in [6, 6.07) is 5.62. The molecule has 0 aromatic heterocycles. The molecule has 1 aliphatic rings. The minimum absolute atomic E-state index is 0.131. The zero-order valence-corrected chi connectivity index (χ0v) is 9.99. The van der Waals surface area contributed by atoms with Crippen molar-refractivity contribution >= 4 is 0 Å². The van der Waals surface area contributed by atoms with E-state index in [2.05, 4.69) is 20.8 Å². The fourth-order valence-corrected chi connectivity index (χ4v) is 1.73. The van der Waals surface area contributed by atoms with E-state index in [4.69, 9.17) is 9.47 Å². The molecule has 0 aliphatic carbocycles. The summed E-state index contributed by atoms with van der Waals surface area (Å²) in [5, 5.41) is 10.3. The molecule has 1 heterocycles. The van der Waals surface area contributed by atoms with Crippen LogP contribution in [-0.4, -0.2) is 11.9 Å². The maximum atomic E-state index is 10.3. The zero-order valence-electron chi connectivity index (χ0n) is 9.99. The zero-order chi connectivity index (χ0) is 11.8. The molecule has 0 saturated heterocycles. The molecule has 1 aromatic carbocycles. The highest BCUT2D eigenvalue weighted by atomic mass is 16.7. The van der Waals surface area contributed by atoms with Crippen LogP contribution in [-0.2, 0) is 0 Å². The third-order valence-electron chi connectivity index (χ3n) is 3.36. The van der Waals surface area contributed by atoms with Crippen LogP contribution < -0.4 is 9.47 Å². The van der Waals surface area contributed by atoms with Gasteiger partial charge in [-0.15, -0.1) is 0 Å². The lowest BCUT2D eigenvalue weighted by Gasteiger charge is -2.29. The van der Waals surface area contributed by atoms with Crippen LogP contribution in [0.25, 0.3) is 0 Å². The van der Waals surface area contributed by atoms with Gasteiger partial charge < -0.3 is 14.6 Å². The lowest BCUT2D eigenvalue weighted by molar-refractivity contribution is 0.0464. The average Bonchev–Trinajstić information content (AvgIpc) is 2.74. The minimum atomic E-state index is -0.480. The molecule has 0 radical (unpaired) electrons. The molecule has 0 spiro atoms. The van der Waals surface area contributed by atoms with E-state index in [9.17, 15) is 5.11 Å². The van der Waals surface area contributed by atoms with Crippen LogP contribution in [0.5, 0.6) is 11.5 Å². The first-order valence-electron chi connectivity index (χ1n) is 5.62. The SMILES string of the molecule is CCC(C)(C)[C@@H](O)c1ccc2c(c1)OCO2. The van der Waals surface area contributed by atoms with Crippen LogP contribution >= 0.6 is 0 Å². The van der Waals surface area contributed by atoms with Crippen LogP contribution in [0.1, 0.15) is 38.9 Å². The van der Waals surface area contributed by atoms with Crippen LogP contribution in [0.3, 0.4) is 0 Å². The third-order valence-corrected chi connectivity index (χ3v) is 3.36. The molecular weight excluding hydrogens is 204 g/mol. The molecule has 0 unspecified atom stereocenters. The highest BCUT2D eigenvalue weighted by molar-refractivity contribution is 5.45. The Balaban J connectivity index is 2.28. The van der Waals surface area contributed by atoms with Gasteiger partial charge in [-0.25, -0.2) is 0 Å². The Morgan fingerprint density at radius 2 is 2.00 bits per heavy atom. The molecule has 3 heteroatoms. The van der Waals surface area contributed by atoms with E-state index in [0.29, 0.717) is 0 Å². The smallest absolute Gasteiger partial charge is 0.231 e. The number of aliphatic hydroxyl groups is 1. The van der Waals surface area contributed by atoms with E-state index >= 15 is 0 Å². The molecule has 1 N–H and O–H groups in total. The number of rotatable bonds is 3. The molecule has 1 atom stereocenters. The predicted octanol–water partition coefficient (Wildman–Crippen LogP) is 2.88. The molecule has 2 rings (SSSR count). The Kier molecular flexibility index (Phi) is 2.80. The molecule has 0 saturated carbocycles. The van der Waals surface area contributed by atoms with E-state index in [0.717, 1.165) is 23.5 Å². The maximum Gasteiger partial charge on any atom is 0.231 e. The second-order valence-corrected chi connectivity index (χ2v) is 4.86. The van der Waals surface area contributed by atoms with Crippen molar-refractivity contribution in [1.29, 1.82) is 0 Å². The van der Waals surface area contributed by atoms with E-state index in [-0.39, 0.29) is 12.2 Å². The molecule has 1 aromatic rings. The van der Waals surface area contributed by atoms with Gasteiger partial charge in [-0.1, -0.05) is 26.8 Å². The topological polar surface area (TPSA) is 38.7 Å². The minimum Gasteiger partial charge on any atom is -0.454 e. The number of aliphatic hydroxyl groups excluding tert-OH is 1. The Bertz CT molecular complexity index is 385. The van der Waals surface area contributed by atoms with Gasteiger partial charge in [0.1, 0.15) is 0 Å². The largest absolute Gasteiger partial charge is 0.454 e. The fraction of sp³-hybridized carbons (Fsp3) is 0.538. The van der Waals surface area contributed by atoms with Gasteiger partial charge in [-0.2, -0.15) is 0 Å². The van der Waals surface area contributed by atoms with Gasteiger partial charge in [0.05, 0.1) is 6.10 Å². The molecule has 0 amide bonds. The van der Waals surface area contributed by atoms with Crippen molar-refractivity contribution in [3.8, 4) is 11.5 Å². The quantitative estimate of drug-likeness (QED) is 0.854. The maximum absolute atomic E-state index is 10.3. The van der Waals surface area contributed by atoms with Gasteiger partial charge in [0.25, 0.3) is 0 Å². The van der Waals surface area contributed by atoms with E-state index in [1.54, 1.807) is 0 Å². The molecule has 1 aliphatic heterocycles. The predicted molar refractivity (Wildman–Crippen MR) is 61.6 cm³/mol. The standard InChI is InChI=1S/C13H18O3/c1-4-13(2,3)12(14)9-5-6-10-11(7-9)16-8-15-10/h5-7,12,14H,4,8H2,1-3H3/t12-/m0/s1. The lowest BCUT2D eigenvalue weighted by atomic mass is 9.80. The van der Waals surface area contributed by atoms with Gasteiger partial charge in [-0.3, -0.25) is 0 Å². The summed E-state index contributed by atoms with van der Waals surface area (Å²) in [7, 11) is 0. The molecule has 88 valence electrons. The molecule has 0 fully saturated rings. The van der Waals surface area contributed by atoms with Crippen molar-refractivity contribution in [2.75, 3.05) is 6.79 Å². The summed E-state index contributed by atoms with van der Waals surface area (Å²) in [6.07, 6.45) is 0.440. The van der Waals surface area contributed by atoms with Crippen molar-refractivity contribution in [2.24, 2.45) is 5.41 Å². The number of ether oxygens (including phenoxy) is 2. The van der Waals surface area contributed by atoms with Crippen molar-refractivity contribution in [2.45, 2.75) is 33.3 Å². The second-order valence-electron chi connectivity index (χ2n) is 4.86. The number of hydrogen-bond donors (Lipinski definition) is 1. The molecule has 16 heavy (non-hydrogen) atoms. The summed E-state index contributed by atoms with van der Waals surface area (Å²) in [5.41, 5.74) is 0.754. The van der Waals surface area contributed by atoms with Crippen molar-refractivity contribution in [1.82, 2.24) is 0 Å². The van der Waals surface area contributed by atoms with Crippen LogP contribution in [0.2, 0.25) is 0 Å². The lowest BCUT2D eigenvalue weighted by Crippen LogP contribution is -2.20. The highest BCUT2D eigenvalue weighted by Crippen LogP contribution is 2.40. The van der Waals surface area contributed by atoms with Crippen LogP contribution in [0.15, 0.2) is 18.2 Å². The number of benzene rings is 1. The van der Waals surface area contributed by atoms with Gasteiger partial charge in [0, 0.05) is 0 Å². The van der Waals surface area contributed by atoms with Gasteiger partial charge >= 0.3 is 0 Å². The summed E-state index contributed by atoms with van der Waals surface area (Å²) >= 11 is 0. The van der Waals surface area contributed by atoms with E-state index in [1.807, 2.05) is 18.2 Å². The van der Waals surface area contributed by atoms with Crippen molar-refractivity contribution in [3.63, 3.8) is 0 Å². The molecular formula is C13H18O3. The van der Waals surface area contributed by atoms with Crippen LogP contribution in [0, 0.1) is 5.41 Å². The van der Waals surface area contributed by atoms with Crippen LogP contribution in [0.4, 0.5) is 0 Å². The normalized spacial score (nSPS) is 16.2. The van der Waals surface area contributed by atoms with Gasteiger partial charge in [0.2, 0.25) is 6.79 Å². The highest BCUT2D eigenvalue weighted by Gasteiger charge is 2.28. The van der Waals surface area contributed by atoms with E-state index < -0.39 is 6.10 Å². The molecule has 0 bridgehead atoms. The average molecular weight is 222 g/mol.